The molecule has 0 saturated carbocycles. The molecule has 0 amide bonds. The molecule has 0 bridgehead atoms. The van der Waals surface area contributed by atoms with Gasteiger partial charge in [0.15, 0.2) is 9.84 Å². The second kappa shape index (κ2) is 6.34. The molecule has 1 saturated heterocycles. The number of rotatable bonds is 5. The van der Waals surface area contributed by atoms with Gasteiger partial charge in [-0.2, -0.15) is 9.57 Å². The van der Waals surface area contributed by atoms with Gasteiger partial charge in [0.1, 0.15) is 0 Å². The second-order valence-corrected chi connectivity index (χ2v) is 9.22. The predicted molar refractivity (Wildman–Crippen MR) is 81.2 cm³/mol. The lowest BCUT2D eigenvalue weighted by Crippen LogP contribution is -2.43. The van der Waals surface area contributed by atoms with Crippen LogP contribution in [0.4, 0.5) is 0 Å². The number of nitrogens with zero attached hydrogens (tertiary/aromatic N) is 2. The highest BCUT2D eigenvalue weighted by Crippen LogP contribution is 2.25. The molecule has 0 radical (unpaired) electrons. The van der Waals surface area contributed by atoms with Gasteiger partial charge in [-0.1, -0.05) is 6.07 Å². The molecule has 1 heterocycles. The van der Waals surface area contributed by atoms with Crippen LogP contribution in [0.15, 0.2) is 29.2 Å². The Hall–Kier alpha value is -1.47. The minimum Gasteiger partial charge on any atom is -0.329 e. The highest BCUT2D eigenvalue weighted by molar-refractivity contribution is 7.92. The summed E-state index contributed by atoms with van der Waals surface area (Å²) in [6.45, 7) is 0.132. The Labute approximate surface area is 130 Å². The smallest absolute Gasteiger partial charge is 0.243 e. The van der Waals surface area contributed by atoms with Crippen LogP contribution in [0.2, 0.25) is 0 Å². The van der Waals surface area contributed by atoms with Gasteiger partial charge in [-0.05, 0) is 24.6 Å². The molecule has 1 atom stereocenters. The quantitative estimate of drug-likeness (QED) is 0.783. The molecule has 1 aromatic carbocycles. The fourth-order valence-electron chi connectivity index (χ4n) is 2.49. The molecule has 120 valence electrons. The van der Waals surface area contributed by atoms with Crippen LogP contribution in [-0.4, -0.2) is 51.8 Å². The standard InChI is InChI=1S/C13H17N3O4S2/c14-5-6-16(12-4-7-21(17,18)10-12)22(19,20)13-3-1-2-11(8-13)9-15/h1-3,8,12H,4-7,10,14H2/t12-/m0/s1. The summed E-state index contributed by atoms with van der Waals surface area (Å²) in [5.74, 6) is -0.212. The van der Waals surface area contributed by atoms with Gasteiger partial charge in [0.05, 0.1) is 28.0 Å². The maximum atomic E-state index is 12.8. The maximum absolute atomic E-state index is 12.8. The molecule has 0 aromatic heterocycles. The predicted octanol–water partition coefficient (Wildman–Crippen LogP) is -0.305. The van der Waals surface area contributed by atoms with E-state index in [0.29, 0.717) is 0 Å². The summed E-state index contributed by atoms with van der Waals surface area (Å²) in [4.78, 5) is -0.0238. The summed E-state index contributed by atoms with van der Waals surface area (Å²) in [5, 5.41) is 8.89. The number of hydrogen-bond donors (Lipinski definition) is 1. The van der Waals surface area contributed by atoms with Crippen LogP contribution in [0.1, 0.15) is 12.0 Å². The Morgan fingerprint density at radius 3 is 2.68 bits per heavy atom. The third-order valence-electron chi connectivity index (χ3n) is 3.53. The molecular formula is C13H17N3O4S2. The van der Waals surface area contributed by atoms with Gasteiger partial charge < -0.3 is 5.73 Å². The molecule has 22 heavy (non-hydrogen) atoms. The molecule has 0 spiro atoms. The number of benzene rings is 1. The molecule has 1 aromatic rings. The summed E-state index contributed by atoms with van der Waals surface area (Å²) in [7, 11) is -7.11. The van der Waals surface area contributed by atoms with Crippen molar-refractivity contribution in [1.29, 1.82) is 5.26 Å². The van der Waals surface area contributed by atoms with Crippen molar-refractivity contribution in [2.45, 2.75) is 17.4 Å². The lowest BCUT2D eigenvalue weighted by Gasteiger charge is -2.26. The van der Waals surface area contributed by atoms with Crippen molar-refractivity contribution < 1.29 is 16.8 Å². The molecule has 1 aliphatic rings. The van der Waals surface area contributed by atoms with Crippen LogP contribution in [0, 0.1) is 11.3 Å². The summed E-state index contributed by atoms with van der Waals surface area (Å²) < 4.78 is 49.9. The average Bonchev–Trinajstić information content (AvgIpc) is 2.84. The Balaban J connectivity index is 2.40. The molecular weight excluding hydrogens is 326 g/mol. The van der Waals surface area contributed by atoms with Crippen molar-refractivity contribution in [3.63, 3.8) is 0 Å². The fraction of sp³-hybridized carbons (Fsp3) is 0.462. The van der Waals surface area contributed by atoms with E-state index in [9.17, 15) is 16.8 Å². The van der Waals surface area contributed by atoms with Gasteiger partial charge in [0.25, 0.3) is 0 Å². The summed E-state index contributed by atoms with van der Waals surface area (Å²) in [6, 6.07) is 6.94. The fourth-order valence-corrected chi connectivity index (χ4v) is 6.03. The normalized spacial score (nSPS) is 20.9. The van der Waals surface area contributed by atoms with Gasteiger partial charge >= 0.3 is 0 Å². The largest absolute Gasteiger partial charge is 0.329 e. The summed E-state index contributed by atoms with van der Waals surface area (Å²) in [5.41, 5.74) is 5.72. The van der Waals surface area contributed by atoms with E-state index in [2.05, 4.69) is 0 Å². The zero-order valence-corrected chi connectivity index (χ0v) is 13.5. The number of hydrogen-bond acceptors (Lipinski definition) is 6. The van der Waals surface area contributed by atoms with E-state index >= 15 is 0 Å². The van der Waals surface area contributed by atoms with Crippen molar-refractivity contribution in [2.24, 2.45) is 5.73 Å². The third-order valence-corrected chi connectivity index (χ3v) is 7.23. The molecule has 1 aliphatic heterocycles. The zero-order chi connectivity index (χ0) is 16.4. The minimum absolute atomic E-state index is 0.0213. The average molecular weight is 343 g/mol. The van der Waals surface area contributed by atoms with Crippen molar-refractivity contribution in [2.75, 3.05) is 24.6 Å². The highest BCUT2D eigenvalue weighted by Gasteiger charge is 2.38. The lowest BCUT2D eigenvalue weighted by atomic mass is 10.2. The van der Waals surface area contributed by atoms with E-state index in [1.165, 1.54) is 24.3 Å². The van der Waals surface area contributed by atoms with E-state index in [0.717, 1.165) is 4.31 Å². The Bertz CT molecular complexity index is 797. The first-order valence-electron chi connectivity index (χ1n) is 6.72. The van der Waals surface area contributed by atoms with Crippen LogP contribution in [0.25, 0.3) is 0 Å². The van der Waals surface area contributed by atoms with Crippen LogP contribution >= 0.6 is 0 Å². The van der Waals surface area contributed by atoms with Crippen LogP contribution in [0.3, 0.4) is 0 Å². The van der Waals surface area contributed by atoms with Crippen LogP contribution in [0.5, 0.6) is 0 Å². The van der Waals surface area contributed by atoms with E-state index in [-0.39, 0.29) is 41.5 Å². The Morgan fingerprint density at radius 2 is 2.14 bits per heavy atom. The monoisotopic (exact) mass is 343 g/mol. The molecule has 2 rings (SSSR count). The van der Waals surface area contributed by atoms with Crippen molar-refractivity contribution >= 4 is 19.9 Å². The van der Waals surface area contributed by atoms with Crippen LogP contribution in [-0.2, 0) is 19.9 Å². The first-order valence-corrected chi connectivity index (χ1v) is 9.99. The van der Waals surface area contributed by atoms with Crippen molar-refractivity contribution in [3.8, 4) is 6.07 Å². The minimum atomic E-state index is -3.89. The van der Waals surface area contributed by atoms with E-state index in [1.807, 2.05) is 6.07 Å². The van der Waals surface area contributed by atoms with Gasteiger partial charge in [-0.15, -0.1) is 0 Å². The highest BCUT2D eigenvalue weighted by atomic mass is 32.2. The van der Waals surface area contributed by atoms with Crippen molar-refractivity contribution in [3.05, 3.63) is 29.8 Å². The molecule has 1 fully saturated rings. The summed E-state index contributed by atoms with van der Waals surface area (Å²) >= 11 is 0. The molecule has 9 heteroatoms. The SMILES string of the molecule is N#Cc1cccc(S(=O)(=O)N(CCN)[C@H]2CCS(=O)(=O)C2)c1. The Morgan fingerprint density at radius 1 is 1.41 bits per heavy atom. The van der Waals surface area contributed by atoms with E-state index < -0.39 is 25.9 Å². The number of nitriles is 1. The molecule has 7 nitrogen and oxygen atoms in total. The van der Waals surface area contributed by atoms with Crippen LogP contribution < -0.4 is 5.73 Å². The van der Waals surface area contributed by atoms with Crippen molar-refractivity contribution in [1.82, 2.24) is 4.31 Å². The summed E-state index contributed by atoms with van der Waals surface area (Å²) in [6.07, 6.45) is 0.263. The molecule has 0 aliphatic carbocycles. The first kappa shape index (κ1) is 16.9. The topological polar surface area (TPSA) is 121 Å². The maximum Gasteiger partial charge on any atom is 0.243 e. The number of sulfone groups is 1. The van der Waals surface area contributed by atoms with E-state index in [1.54, 1.807) is 0 Å². The second-order valence-electron chi connectivity index (χ2n) is 5.10. The zero-order valence-electron chi connectivity index (χ0n) is 11.8. The van der Waals surface area contributed by atoms with Gasteiger partial charge in [0, 0.05) is 19.1 Å². The Kier molecular flexibility index (Phi) is 4.87. The number of nitrogens with two attached hydrogens (primary N) is 1. The van der Waals surface area contributed by atoms with Gasteiger partial charge in [-0.25, -0.2) is 16.8 Å². The lowest BCUT2D eigenvalue weighted by molar-refractivity contribution is 0.347. The molecule has 2 N–H and O–H groups in total. The first-order chi connectivity index (χ1) is 10.3. The van der Waals surface area contributed by atoms with Gasteiger partial charge in [0.2, 0.25) is 10.0 Å². The van der Waals surface area contributed by atoms with E-state index in [4.69, 9.17) is 11.0 Å². The molecule has 0 unspecified atom stereocenters. The number of sulfonamides is 1. The third kappa shape index (κ3) is 3.47. The van der Waals surface area contributed by atoms with Gasteiger partial charge in [-0.3, -0.25) is 0 Å².